The van der Waals surface area contributed by atoms with Crippen LogP contribution in [-0.2, 0) is 11.2 Å². The van der Waals surface area contributed by atoms with Crippen LogP contribution in [0.15, 0.2) is 24.3 Å². The van der Waals surface area contributed by atoms with Crippen molar-refractivity contribution in [3.8, 4) is 5.75 Å². The molecule has 1 aromatic rings. The van der Waals surface area contributed by atoms with E-state index in [-0.39, 0.29) is 11.7 Å². The van der Waals surface area contributed by atoms with Gasteiger partial charge in [-0.3, -0.25) is 0 Å². The summed E-state index contributed by atoms with van der Waals surface area (Å²) in [6.07, 6.45) is -4.14. The average molecular weight is 291 g/mol. The van der Waals surface area contributed by atoms with Gasteiger partial charge in [-0.25, -0.2) is 0 Å². The van der Waals surface area contributed by atoms with E-state index < -0.39 is 6.36 Å². The summed E-state index contributed by atoms with van der Waals surface area (Å²) in [6, 6.07) is 6.25. The summed E-state index contributed by atoms with van der Waals surface area (Å²) in [5, 5.41) is 3.19. The molecule has 0 spiro atoms. The van der Waals surface area contributed by atoms with Gasteiger partial charge in [0.15, 0.2) is 0 Å². The third-order valence-corrected chi connectivity index (χ3v) is 2.74. The van der Waals surface area contributed by atoms with E-state index in [0.29, 0.717) is 25.1 Å². The van der Waals surface area contributed by atoms with Gasteiger partial charge in [0, 0.05) is 13.7 Å². The van der Waals surface area contributed by atoms with E-state index >= 15 is 0 Å². The zero-order valence-electron chi connectivity index (χ0n) is 11.7. The van der Waals surface area contributed by atoms with Gasteiger partial charge < -0.3 is 14.8 Å². The van der Waals surface area contributed by atoms with Crippen LogP contribution in [0.4, 0.5) is 13.2 Å². The number of rotatable bonds is 8. The zero-order valence-corrected chi connectivity index (χ0v) is 11.7. The van der Waals surface area contributed by atoms with Crippen molar-refractivity contribution in [2.75, 3.05) is 26.8 Å². The molecule has 0 radical (unpaired) electrons. The molecule has 0 heterocycles. The molecule has 1 unspecified atom stereocenters. The highest BCUT2D eigenvalue weighted by Crippen LogP contribution is 2.27. The first kappa shape index (κ1) is 16.8. The molecule has 0 amide bonds. The maximum atomic E-state index is 12.3. The fourth-order valence-corrected chi connectivity index (χ4v) is 1.87. The predicted molar refractivity (Wildman–Crippen MR) is 70.7 cm³/mol. The van der Waals surface area contributed by atoms with E-state index in [1.807, 2.05) is 6.92 Å². The third-order valence-electron chi connectivity index (χ3n) is 2.74. The van der Waals surface area contributed by atoms with Crippen LogP contribution in [0, 0.1) is 5.92 Å². The van der Waals surface area contributed by atoms with E-state index in [2.05, 4.69) is 10.1 Å². The Balaban J connectivity index is 2.54. The van der Waals surface area contributed by atoms with Gasteiger partial charge in [0.1, 0.15) is 5.75 Å². The summed E-state index contributed by atoms with van der Waals surface area (Å²) in [7, 11) is 1.62. The summed E-state index contributed by atoms with van der Waals surface area (Å²) in [5.74, 6) is 0.0774. The van der Waals surface area contributed by atoms with Crippen molar-refractivity contribution in [3.05, 3.63) is 29.8 Å². The van der Waals surface area contributed by atoms with Gasteiger partial charge in [-0.1, -0.05) is 25.1 Å². The zero-order chi connectivity index (χ0) is 15.0. The molecule has 20 heavy (non-hydrogen) atoms. The number of hydrogen-bond donors (Lipinski definition) is 1. The molecular weight excluding hydrogens is 271 g/mol. The molecule has 0 fully saturated rings. The lowest BCUT2D eigenvalue weighted by atomic mass is 10.0. The second-order valence-corrected chi connectivity index (χ2v) is 4.66. The molecule has 0 aliphatic carbocycles. The monoisotopic (exact) mass is 291 g/mol. The molecule has 6 heteroatoms. The Morgan fingerprint density at radius 1 is 1.25 bits per heavy atom. The van der Waals surface area contributed by atoms with Crippen molar-refractivity contribution >= 4 is 0 Å². The maximum absolute atomic E-state index is 12.3. The first-order valence-corrected chi connectivity index (χ1v) is 6.45. The second kappa shape index (κ2) is 8.11. The van der Waals surface area contributed by atoms with Crippen LogP contribution in [0.2, 0.25) is 0 Å². The van der Waals surface area contributed by atoms with Crippen LogP contribution in [-0.4, -0.2) is 33.2 Å². The maximum Gasteiger partial charge on any atom is 0.573 e. The highest BCUT2D eigenvalue weighted by atomic mass is 19.4. The number of halogens is 3. The normalized spacial score (nSPS) is 13.2. The first-order chi connectivity index (χ1) is 9.42. The van der Waals surface area contributed by atoms with E-state index in [1.54, 1.807) is 19.2 Å². The van der Waals surface area contributed by atoms with Crippen LogP contribution >= 0.6 is 0 Å². The number of benzene rings is 1. The van der Waals surface area contributed by atoms with Gasteiger partial charge >= 0.3 is 6.36 Å². The van der Waals surface area contributed by atoms with E-state index in [1.165, 1.54) is 12.1 Å². The van der Waals surface area contributed by atoms with Gasteiger partial charge in [-0.15, -0.1) is 13.2 Å². The number of methoxy groups -OCH3 is 1. The molecule has 114 valence electrons. The van der Waals surface area contributed by atoms with Crippen molar-refractivity contribution in [1.29, 1.82) is 0 Å². The lowest BCUT2D eigenvalue weighted by molar-refractivity contribution is -0.274. The van der Waals surface area contributed by atoms with Crippen LogP contribution in [0.25, 0.3) is 0 Å². The molecule has 1 aromatic carbocycles. The molecule has 0 saturated carbocycles. The van der Waals surface area contributed by atoms with Crippen LogP contribution in [0.1, 0.15) is 12.5 Å². The molecule has 0 aliphatic rings. The number of hydrogen-bond acceptors (Lipinski definition) is 3. The fourth-order valence-electron chi connectivity index (χ4n) is 1.87. The van der Waals surface area contributed by atoms with Crippen LogP contribution < -0.4 is 10.1 Å². The van der Waals surface area contributed by atoms with E-state index in [4.69, 9.17) is 4.74 Å². The molecule has 0 aromatic heterocycles. The van der Waals surface area contributed by atoms with Gasteiger partial charge in [0.05, 0.1) is 6.61 Å². The summed E-state index contributed by atoms with van der Waals surface area (Å²) >= 11 is 0. The number of ether oxygens (including phenoxy) is 2. The van der Waals surface area contributed by atoms with Gasteiger partial charge in [0.2, 0.25) is 0 Å². The van der Waals surface area contributed by atoms with Gasteiger partial charge in [0.25, 0.3) is 0 Å². The van der Waals surface area contributed by atoms with E-state index in [9.17, 15) is 13.2 Å². The molecule has 3 nitrogen and oxygen atoms in total. The summed E-state index contributed by atoms with van der Waals surface area (Å²) in [6.45, 7) is 4.02. The summed E-state index contributed by atoms with van der Waals surface area (Å²) in [5.41, 5.74) is 0.561. The minimum absolute atomic E-state index is 0.122. The predicted octanol–water partition coefficient (Wildman–Crippen LogP) is 3.00. The van der Waals surface area contributed by atoms with Crippen molar-refractivity contribution in [1.82, 2.24) is 5.32 Å². The Morgan fingerprint density at radius 2 is 1.95 bits per heavy atom. The highest BCUT2D eigenvalue weighted by molar-refractivity contribution is 5.33. The summed E-state index contributed by atoms with van der Waals surface area (Å²) < 4.78 is 45.8. The molecule has 0 bridgehead atoms. The number of alkyl halides is 3. The van der Waals surface area contributed by atoms with Gasteiger partial charge in [-0.2, -0.15) is 0 Å². The second-order valence-electron chi connectivity index (χ2n) is 4.66. The average Bonchev–Trinajstić information content (AvgIpc) is 2.35. The lowest BCUT2D eigenvalue weighted by Crippen LogP contribution is -2.26. The Kier molecular flexibility index (Phi) is 6.81. The molecule has 0 saturated heterocycles. The number of para-hydroxylation sites is 1. The molecular formula is C14H20F3NO2. The Hall–Kier alpha value is -1.27. The highest BCUT2D eigenvalue weighted by Gasteiger charge is 2.32. The smallest absolute Gasteiger partial charge is 0.406 e. The Morgan fingerprint density at radius 3 is 2.60 bits per heavy atom. The minimum Gasteiger partial charge on any atom is -0.406 e. The molecule has 1 N–H and O–H groups in total. The SMILES string of the molecule is COCCNCC(C)Cc1ccccc1OC(F)(F)F. The van der Waals surface area contributed by atoms with Crippen molar-refractivity contribution in [2.24, 2.45) is 5.92 Å². The Labute approximate surface area is 117 Å². The van der Waals surface area contributed by atoms with Crippen molar-refractivity contribution in [3.63, 3.8) is 0 Å². The minimum atomic E-state index is -4.66. The topological polar surface area (TPSA) is 30.5 Å². The van der Waals surface area contributed by atoms with Gasteiger partial charge in [-0.05, 0) is 30.5 Å². The molecule has 0 aliphatic heterocycles. The van der Waals surface area contributed by atoms with Crippen LogP contribution in [0.5, 0.6) is 5.75 Å². The lowest BCUT2D eigenvalue weighted by Gasteiger charge is -2.16. The van der Waals surface area contributed by atoms with Crippen LogP contribution in [0.3, 0.4) is 0 Å². The standard InChI is InChI=1S/C14H20F3NO2/c1-11(10-18-7-8-19-2)9-12-5-3-4-6-13(12)20-14(15,16)17/h3-6,11,18H,7-10H2,1-2H3. The van der Waals surface area contributed by atoms with Crippen molar-refractivity contribution in [2.45, 2.75) is 19.7 Å². The quantitative estimate of drug-likeness (QED) is 0.747. The number of nitrogens with one attached hydrogen (secondary N) is 1. The molecule has 1 atom stereocenters. The summed E-state index contributed by atoms with van der Waals surface area (Å²) in [4.78, 5) is 0. The van der Waals surface area contributed by atoms with E-state index in [0.717, 1.165) is 6.54 Å². The molecule has 1 rings (SSSR count). The largest absolute Gasteiger partial charge is 0.573 e. The Bertz CT molecular complexity index is 396. The van der Waals surface area contributed by atoms with Crippen molar-refractivity contribution < 1.29 is 22.6 Å². The third kappa shape index (κ3) is 6.77. The first-order valence-electron chi connectivity index (χ1n) is 6.45. The fraction of sp³-hybridized carbons (Fsp3) is 0.571.